The van der Waals surface area contributed by atoms with Crippen molar-refractivity contribution in [2.45, 2.75) is 64.5 Å². The molecular formula is C21H31F6N3O5S. The van der Waals surface area contributed by atoms with Crippen molar-refractivity contribution in [3.05, 3.63) is 15.6 Å². The maximum atomic E-state index is 10.6. The van der Waals surface area contributed by atoms with Crippen molar-refractivity contribution in [2.75, 3.05) is 32.8 Å². The molecule has 0 amide bonds. The normalized spacial score (nSPS) is 20.1. The molecule has 0 aliphatic carbocycles. The highest BCUT2D eigenvalue weighted by Crippen LogP contribution is 2.26. The number of hydrogen-bond donors (Lipinski definition) is 3. The van der Waals surface area contributed by atoms with Crippen LogP contribution in [0, 0.1) is 19.8 Å². The zero-order chi connectivity index (χ0) is 27.7. The lowest BCUT2D eigenvalue weighted by molar-refractivity contribution is -0.193. The van der Waals surface area contributed by atoms with Gasteiger partial charge < -0.3 is 15.3 Å². The van der Waals surface area contributed by atoms with Gasteiger partial charge in [-0.1, -0.05) is 0 Å². The van der Waals surface area contributed by atoms with Gasteiger partial charge in [0.15, 0.2) is 0 Å². The number of carboxylic acids is 2. The van der Waals surface area contributed by atoms with E-state index in [1.165, 1.54) is 60.9 Å². The topological polar surface area (TPSA) is 114 Å². The first kappa shape index (κ1) is 32.1. The lowest BCUT2D eigenvalue weighted by Crippen LogP contribution is -2.48. The molecule has 0 spiro atoms. The van der Waals surface area contributed by atoms with E-state index in [4.69, 9.17) is 19.8 Å². The first-order valence-electron chi connectivity index (χ1n) is 11.1. The Kier molecular flexibility index (Phi) is 12.6. The number of thiazole rings is 1. The van der Waals surface area contributed by atoms with Gasteiger partial charge in [-0.3, -0.25) is 9.80 Å². The summed E-state index contributed by atoms with van der Waals surface area (Å²) >= 11 is 1.85. The molecular weight excluding hydrogens is 520 g/mol. The maximum absolute atomic E-state index is 10.6. The average molecular weight is 552 g/mol. The number of likely N-dealkylation sites (tertiary alicyclic amines) is 2. The largest absolute Gasteiger partial charge is 0.490 e. The Morgan fingerprint density at radius 3 is 1.86 bits per heavy atom. The van der Waals surface area contributed by atoms with E-state index in [0.29, 0.717) is 12.5 Å². The van der Waals surface area contributed by atoms with Crippen LogP contribution in [-0.2, 0) is 16.1 Å². The second-order valence-corrected chi connectivity index (χ2v) is 9.83. The van der Waals surface area contributed by atoms with Gasteiger partial charge in [-0.05, 0) is 52.0 Å². The predicted molar refractivity (Wildman–Crippen MR) is 119 cm³/mol. The zero-order valence-corrected chi connectivity index (χ0v) is 20.7. The summed E-state index contributed by atoms with van der Waals surface area (Å²) in [6.07, 6.45) is -5.16. The van der Waals surface area contributed by atoms with Crippen LogP contribution in [0.15, 0.2) is 0 Å². The summed E-state index contributed by atoms with van der Waals surface area (Å²) in [6, 6.07) is 0.731. The van der Waals surface area contributed by atoms with Crippen LogP contribution in [0.5, 0.6) is 0 Å². The molecule has 2 fully saturated rings. The molecule has 8 nitrogen and oxygen atoms in total. The number of aliphatic hydroxyl groups is 1. The SMILES string of the molecule is Cc1nc(C)c(CN2CCC(N3CCCC(CO)C3)CC2)s1.O=C(O)C(F)(F)F.O=C(O)C(F)(F)F. The first-order valence-corrected chi connectivity index (χ1v) is 12.0. The minimum Gasteiger partial charge on any atom is -0.475 e. The minimum absolute atomic E-state index is 0.360. The summed E-state index contributed by atoms with van der Waals surface area (Å²) in [7, 11) is 0. The van der Waals surface area contributed by atoms with Crippen LogP contribution in [0.2, 0.25) is 0 Å². The number of hydrogen-bond acceptors (Lipinski definition) is 7. The number of aliphatic carboxylic acids is 2. The van der Waals surface area contributed by atoms with Crippen LogP contribution in [-0.4, -0.2) is 93.2 Å². The van der Waals surface area contributed by atoms with Gasteiger partial charge in [0.1, 0.15) is 0 Å². The molecule has 2 aliphatic rings. The summed E-state index contributed by atoms with van der Waals surface area (Å²) in [4.78, 5) is 29.0. The lowest BCUT2D eigenvalue weighted by atomic mass is 9.94. The smallest absolute Gasteiger partial charge is 0.475 e. The molecule has 1 aromatic rings. The molecule has 0 radical (unpaired) electrons. The molecule has 2 saturated heterocycles. The molecule has 3 rings (SSSR count). The Hall–Kier alpha value is -1.97. The van der Waals surface area contributed by atoms with Gasteiger partial charge in [0.25, 0.3) is 0 Å². The molecule has 2 aliphatic heterocycles. The molecule has 1 aromatic heterocycles. The van der Waals surface area contributed by atoms with Crippen molar-refractivity contribution in [2.24, 2.45) is 5.92 Å². The number of aliphatic hydroxyl groups excluding tert-OH is 1. The number of piperidine rings is 2. The Balaban J connectivity index is 0.000000383. The molecule has 36 heavy (non-hydrogen) atoms. The fourth-order valence-corrected chi connectivity index (χ4v) is 4.92. The number of rotatable bonds is 4. The third kappa shape index (κ3) is 11.4. The van der Waals surface area contributed by atoms with Crippen LogP contribution in [0.25, 0.3) is 0 Å². The highest BCUT2D eigenvalue weighted by Gasteiger charge is 2.39. The Morgan fingerprint density at radius 2 is 1.47 bits per heavy atom. The summed E-state index contributed by atoms with van der Waals surface area (Å²) in [5.41, 5.74) is 1.21. The van der Waals surface area contributed by atoms with Crippen molar-refractivity contribution in [3.8, 4) is 0 Å². The molecule has 3 heterocycles. The minimum atomic E-state index is -5.08. The van der Waals surface area contributed by atoms with E-state index in [1.807, 2.05) is 11.3 Å². The Labute approximate surface area is 208 Å². The fourth-order valence-electron chi connectivity index (χ4n) is 3.94. The van der Waals surface area contributed by atoms with Gasteiger partial charge in [0, 0.05) is 43.7 Å². The van der Waals surface area contributed by atoms with Crippen molar-refractivity contribution < 1.29 is 51.3 Å². The van der Waals surface area contributed by atoms with E-state index in [0.717, 1.165) is 19.1 Å². The maximum Gasteiger partial charge on any atom is 0.490 e. The van der Waals surface area contributed by atoms with Crippen LogP contribution in [0.1, 0.15) is 41.3 Å². The van der Waals surface area contributed by atoms with Crippen molar-refractivity contribution in [3.63, 3.8) is 0 Å². The summed E-state index contributed by atoms with van der Waals surface area (Å²) < 4.78 is 63.5. The molecule has 208 valence electrons. The first-order chi connectivity index (χ1) is 16.5. The van der Waals surface area contributed by atoms with Gasteiger partial charge in [0.05, 0.1) is 10.7 Å². The monoisotopic (exact) mass is 551 g/mol. The highest BCUT2D eigenvalue weighted by molar-refractivity contribution is 7.11. The average Bonchev–Trinajstić information content (AvgIpc) is 3.10. The van der Waals surface area contributed by atoms with E-state index < -0.39 is 24.3 Å². The zero-order valence-electron chi connectivity index (χ0n) is 19.9. The molecule has 0 bridgehead atoms. The molecule has 1 atom stereocenters. The molecule has 0 aromatic carbocycles. The van der Waals surface area contributed by atoms with Gasteiger partial charge in [-0.15, -0.1) is 11.3 Å². The van der Waals surface area contributed by atoms with Gasteiger partial charge in [-0.2, -0.15) is 26.3 Å². The predicted octanol–water partition coefficient (Wildman–Crippen LogP) is 3.70. The lowest BCUT2D eigenvalue weighted by Gasteiger charge is -2.42. The van der Waals surface area contributed by atoms with Crippen molar-refractivity contribution in [1.82, 2.24) is 14.8 Å². The summed E-state index contributed by atoms with van der Waals surface area (Å²) in [5.74, 6) is -5.01. The van der Waals surface area contributed by atoms with E-state index in [2.05, 4.69) is 28.6 Å². The number of aryl methyl sites for hydroxylation is 2. The van der Waals surface area contributed by atoms with Crippen LogP contribution in [0.3, 0.4) is 0 Å². The summed E-state index contributed by atoms with van der Waals surface area (Å²) in [5, 5.41) is 24.8. The number of carboxylic acid groups (broad SMARTS) is 2. The van der Waals surface area contributed by atoms with Crippen molar-refractivity contribution >= 4 is 23.3 Å². The van der Waals surface area contributed by atoms with Gasteiger partial charge >= 0.3 is 24.3 Å². The molecule has 15 heteroatoms. The quantitative estimate of drug-likeness (QED) is 0.486. The van der Waals surface area contributed by atoms with Crippen LogP contribution in [0.4, 0.5) is 26.3 Å². The number of alkyl halides is 6. The second-order valence-electron chi connectivity index (χ2n) is 8.54. The molecule has 1 unspecified atom stereocenters. The fraction of sp³-hybridized carbons (Fsp3) is 0.762. The van der Waals surface area contributed by atoms with Crippen molar-refractivity contribution in [1.29, 1.82) is 0 Å². The third-order valence-electron chi connectivity index (χ3n) is 5.73. The number of carbonyl (C=O) groups is 2. The number of aromatic nitrogens is 1. The highest BCUT2D eigenvalue weighted by atomic mass is 32.1. The van der Waals surface area contributed by atoms with E-state index >= 15 is 0 Å². The van der Waals surface area contributed by atoms with Gasteiger partial charge in [-0.25, -0.2) is 14.6 Å². The van der Waals surface area contributed by atoms with Crippen LogP contribution >= 0.6 is 11.3 Å². The summed E-state index contributed by atoms with van der Waals surface area (Å²) in [6.45, 7) is 10.4. The van der Waals surface area contributed by atoms with Crippen LogP contribution < -0.4 is 0 Å². The Bertz CT molecular complexity index is 817. The van der Waals surface area contributed by atoms with E-state index in [1.54, 1.807) is 0 Å². The number of halogens is 6. The second kappa shape index (κ2) is 14.1. The standard InChI is InChI=1S/C17H29N3OS.2C2HF3O2/c1-13-17(22-14(2)18-13)11-19-8-5-16(6-9-19)20-7-3-4-15(10-20)12-21;2*3-2(4,5)1(6)7/h15-16,21H,3-12H2,1-2H3;2*(H,6,7). The Morgan fingerprint density at radius 1 is 0.972 bits per heavy atom. The van der Waals surface area contributed by atoms with E-state index in [9.17, 15) is 31.4 Å². The van der Waals surface area contributed by atoms with E-state index in [-0.39, 0.29) is 0 Å². The molecule has 0 saturated carbocycles. The molecule has 3 N–H and O–H groups in total. The third-order valence-corrected chi connectivity index (χ3v) is 6.79. The number of nitrogens with zero attached hydrogens (tertiary/aromatic N) is 3. The van der Waals surface area contributed by atoms with Gasteiger partial charge in [0.2, 0.25) is 0 Å².